The Labute approximate surface area is 186 Å². The molecule has 8 heteroatoms. The molecule has 3 N–H and O–H groups in total. The Morgan fingerprint density at radius 2 is 2.19 bits per heavy atom. The van der Waals surface area contributed by atoms with Gasteiger partial charge in [0.1, 0.15) is 12.7 Å². The molecule has 31 heavy (non-hydrogen) atoms. The van der Waals surface area contributed by atoms with Crippen LogP contribution < -0.4 is 4.74 Å². The van der Waals surface area contributed by atoms with Crippen LogP contribution in [-0.4, -0.2) is 52.8 Å². The standard InChI is InChI=1S/C23H30ClFO6/c24-18-4-2-5-20(23(18)25)31-13-15(26)8-10-16-17-9-7-14(3-1-6-22(28)29)12-30-21(17)11-19(16)27/h2,4-5,8,10,14-17,19,21,26-27H,1,3,6-7,9,11-13H2,(H,28,29)/b10-8+/t14-,15+,16+,17+,19+,21-/m0/s1. The predicted octanol–water partition coefficient (Wildman–Crippen LogP) is 3.82. The molecule has 3 rings (SSSR count). The van der Waals surface area contributed by atoms with Crippen molar-refractivity contribution in [1.29, 1.82) is 0 Å². The highest BCUT2D eigenvalue weighted by Crippen LogP contribution is 2.42. The molecule has 1 heterocycles. The number of aliphatic hydroxyl groups is 2. The maximum atomic E-state index is 13.9. The molecule has 1 aliphatic carbocycles. The van der Waals surface area contributed by atoms with Gasteiger partial charge in [-0.2, -0.15) is 0 Å². The van der Waals surface area contributed by atoms with Gasteiger partial charge < -0.3 is 24.8 Å². The summed E-state index contributed by atoms with van der Waals surface area (Å²) in [7, 11) is 0. The van der Waals surface area contributed by atoms with Gasteiger partial charge in [-0.3, -0.25) is 4.79 Å². The van der Waals surface area contributed by atoms with Crippen LogP contribution in [-0.2, 0) is 9.53 Å². The van der Waals surface area contributed by atoms with Gasteiger partial charge in [-0.05, 0) is 49.7 Å². The zero-order valence-corrected chi connectivity index (χ0v) is 18.1. The molecule has 0 amide bonds. The van der Waals surface area contributed by atoms with E-state index in [0.717, 1.165) is 19.3 Å². The summed E-state index contributed by atoms with van der Waals surface area (Å²) in [6.07, 6.45) is 5.84. The van der Waals surface area contributed by atoms with Gasteiger partial charge >= 0.3 is 5.97 Å². The number of hydrogen-bond acceptors (Lipinski definition) is 5. The highest BCUT2D eigenvalue weighted by atomic mass is 35.5. The number of halogens is 2. The van der Waals surface area contributed by atoms with E-state index >= 15 is 0 Å². The first-order valence-corrected chi connectivity index (χ1v) is 11.2. The number of fused-ring (bicyclic) bond motifs is 1. The minimum absolute atomic E-state index is 0.0213. The van der Waals surface area contributed by atoms with Gasteiger partial charge in [-0.1, -0.05) is 29.8 Å². The van der Waals surface area contributed by atoms with E-state index in [0.29, 0.717) is 25.4 Å². The lowest BCUT2D eigenvalue weighted by Gasteiger charge is -2.21. The second-order valence-electron chi connectivity index (χ2n) is 8.46. The summed E-state index contributed by atoms with van der Waals surface area (Å²) >= 11 is 5.73. The third kappa shape index (κ3) is 6.65. The molecule has 0 bridgehead atoms. The van der Waals surface area contributed by atoms with Crippen LogP contribution in [0.1, 0.15) is 38.5 Å². The number of rotatable bonds is 9. The van der Waals surface area contributed by atoms with E-state index in [9.17, 15) is 19.4 Å². The lowest BCUT2D eigenvalue weighted by Crippen LogP contribution is -2.22. The van der Waals surface area contributed by atoms with E-state index in [4.69, 9.17) is 26.2 Å². The fourth-order valence-electron chi connectivity index (χ4n) is 4.57. The molecule has 1 aromatic carbocycles. The third-order valence-electron chi connectivity index (χ3n) is 6.23. The molecule has 172 valence electrons. The molecular formula is C23H30ClFO6. The fourth-order valence-corrected chi connectivity index (χ4v) is 4.73. The molecule has 0 spiro atoms. The first-order chi connectivity index (χ1) is 14.8. The lowest BCUT2D eigenvalue weighted by atomic mass is 9.86. The van der Waals surface area contributed by atoms with E-state index in [1.165, 1.54) is 12.1 Å². The van der Waals surface area contributed by atoms with Crippen LogP contribution in [0.2, 0.25) is 5.02 Å². The number of carboxylic acid groups (broad SMARTS) is 1. The lowest BCUT2D eigenvalue weighted by molar-refractivity contribution is -0.137. The molecule has 1 aliphatic heterocycles. The summed E-state index contributed by atoms with van der Waals surface area (Å²) in [5.74, 6) is -1.12. The van der Waals surface area contributed by atoms with Gasteiger partial charge in [0.25, 0.3) is 0 Å². The van der Waals surface area contributed by atoms with Crippen molar-refractivity contribution >= 4 is 17.6 Å². The number of benzene rings is 1. The quantitative estimate of drug-likeness (QED) is 0.489. The molecule has 6 nitrogen and oxygen atoms in total. The van der Waals surface area contributed by atoms with Crippen LogP contribution in [0.25, 0.3) is 0 Å². The molecule has 2 aliphatic rings. The van der Waals surface area contributed by atoms with Crippen molar-refractivity contribution in [2.45, 2.75) is 56.8 Å². The third-order valence-corrected chi connectivity index (χ3v) is 6.52. The van der Waals surface area contributed by atoms with Gasteiger partial charge in [0.05, 0.1) is 17.2 Å². The molecule has 1 saturated carbocycles. The first-order valence-electron chi connectivity index (χ1n) is 10.8. The fraction of sp³-hybridized carbons (Fsp3) is 0.609. The summed E-state index contributed by atoms with van der Waals surface area (Å²) in [5, 5.41) is 29.5. The number of aliphatic carboxylic acids is 1. The van der Waals surface area contributed by atoms with Gasteiger partial charge in [0.2, 0.25) is 0 Å². The normalized spacial score (nSPS) is 29.5. The van der Waals surface area contributed by atoms with Crippen molar-refractivity contribution in [2.24, 2.45) is 17.8 Å². The van der Waals surface area contributed by atoms with Gasteiger partial charge in [-0.25, -0.2) is 4.39 Å². The van der Waals surface area contributed by atoms with Crippen molar-refractivity contribution in [3.05, 3.63) is 41.2 Å². The number of ether oxygens (including phenoxy) is 2. The van der Waals surface area contributed by atoms with Crippen LogP contribution in [0.4, 0.5) is 4.39 Å². The zero-order valence-electron chi connectivity index (χ0n) is 17.3. The molecule has 6 atom stereocenters. The number of carboxylic acids is 1. The van der Waals surface area contributed by atoms with Crippen LogP contribution >= 0.6 is 11.6 Å². The van der Waals surface area contributed by atoms with Crippen molar-refractivity contribution in [2.75, 3.05) is 13.2 Å². The van der Waals surface area contributed by atoms with Crippen LogP contribution in [0.15, 0.2) is 30.4 Å². The molecule has 0 radical (unpaired) electrons. The Balaban J connectivity index is 1.51. The van der Waals surface area contributed by atoms with Crippen LogP contribution in [0.5, 0.6) is 5.75 Å². The molecule has 2 fully saturated rings. The van der Waals surface area contributed by atoms with Gasteiger partial charge in [0, 0.05) is 25.4 Å². The predicted molar refractivity (Wildman–Crippen MR) is 114 cm³/mol. The number of hydrogen-bond donors (Lipinski definition) is 3. The Morgan fingerprint density at radius 3 is 2.97 bits per heavy atom. The second kappa shape index (κ2) is 11.3. The van der Waals surface area contributed by atoms with E-state index in [1.54, 1.807) is 12.1 Å². The minimum Gasteiger partial charge on any atom is -0.487 e. The Morgan fingerprint density at radius 1 is 1.39 bits per heavy atom. The molecule has 1 saturated heterocycles. The minimum atomic E-state index is -0.958. The van der Waals surface area contributed by atoms with Crippen molar-refractivity contribution in [3.63, 3.8) is 0 Å². The van der Waals surface area contributed by atoms with Gasteiger partial charge in [-0.15, -0.1) is 0 Å². The largest absolute Gasteiger partial charge is 0.487 e. The van der Waals surface area contributed by atoms with E-state index in [-0.39, 0.29) is 41.7 Å². The molecule has 0 aromatic heterocycles. The van der Waals surface area contributed by atoms with Crippen molar-refractivity contribution in [1.82, 2.24) is 0 Å². The van der Waals surface area contributed by atoms with Crippen LogP contribution in [0.3, 0.4) is 0 Å². The number of carbonyl (C=O) groups is 1. The summed E-state index contributed by atoms with van der Waals surface area (Å²) in [4.78, 5) is 10.7. The second-order valence-corrected chi connectivity index (χ2v) is 8.87. The number of aliphatic hydroxyl groups excluding tert-OH is 2. The van der Waals surface area contributed by atoms with E-state index in [1.807, 2.05) is 6.08 Å². The summed E-state index contributed by atoms with van der Waals surface area (Å²) in [5.41, 5.74) is 0. The highest BCUT2D eigenvalue weighted by molar-refractivity contribution is 6.30. The average Bonchev–Trinajstić information content (AvgIpc) is 2.89. The highest BCUT2D eigenvalue weighted by Gasteiger charge is 2.43. The molecule has 1 aromatic rings. The summed E-state index contributed by atoms with van der Waals surface area (Å²) in [6, 6.07) is 4.43. The maximum Gasteiger partial charge on any atom is 0.303 e. The topological polar surface area (TPSA) is 96.2 Å². The Kier molecular flexibility index (Phi) is 8.72. The summed E-state index contributed by atoms with van der Waals surface area (Å²) in [6.45, 7) is 0.457. The maximum absolute atomic E-state index is 13.9. The summed E-state index contributed by atoms with van der Waals surface area (Å²) < 4.78 is 25.3. The Bertz CT molecular complexity index is 772. The Hall–Kier alpha value is -1.67. The van der Waals surface area contributed by atoms with Crippen molar-refractivity contribution < 1.29 is 34.0 Å². The zero-order chi connectivity index (χ0) is 22.4. The van der Waals surface area contributed by atoms with E-state index in [2.05, 4.69) is 0 Å². The SMILES string of the molecule is O=C(O)CCC[C@H]1CC[C@@H]2[C@@H](/C=C/[C@@H](O)COc3cccc(Cl)c3F)[C@H](O)C[C@@H]2OC1. The van der Waals surface area contributed by atoms with Crippen LogP contribution in [0, 0.1) is 23.6 Å². The molecule has 0 unspecified atom stereocenters. The first kappa shape index (κ1) is 24.0. The smallest absolute Gasteiger partial charge is 0.303 e. The van der Waals surface area contributed by atoms with Crippen molar-refractivity contribution in [3.8, 4) is 5.75 Å². The van der Waals surface area contributed by atoms with Gasteiger partial charge in [0.15, 0.2) is 11.6 Å². The molecular weight excluding hydrogens is 427 g/mol. The average molecular weight is 457 g/mol. The van der Waals surface area contributed by atoms with E-state index < -0.39 is 24.0 Å². The monoisotopic (exact) mass is 456 g/mol.